The van der Waals surface area contributed by atoms with Gasteiger partial charge in [0.2, 0.25) is 5.79 Å². The predicted octanol–water partition coefficient (Wildman–Crippen LogP) is -2.63. The number of unbranched alkanes of at least 4 members (excludes halogenated alkanes) is 1. The fourth-order valence-corrected chi connectivity index (χ4v) is 3.85. The first-order chi connectivity index (χ1) is 15.1. The normalized spacial score (nSPS) is 40.9. The lowest BCUT2D eigenvalue weighted by Crippen LogP contribution is -2.63. The lowest BCUT2D eigenvalue weighted by molar-refractivity contribution is -0.384. The highest BCUT2D eigenvalue weighted by atomic mass is 16.8. The zero-order chi connectivity index (χ0) is 24.1. The van der Waals surface area contributed by atoms with E-state index < -0.39 is 86.5 Å². The first-order valence-electron chi connectivity index (χ1n) is 10.9. The summed E-state index contributed by atoms with van der Waals surface area (Å²) < 4.78 is 21.7. The molecule has 7 N–H and O–H groups in total. The van der Waals surface area contributed by atoms with Crippen LogP contribution in [0.4, 0.5) is 0 Å². The number of aliphatic hydroxyl groups is 7. The second-order valence-electron chi connectivity index (χ2n) is 8.26. The van der Waals surface area contributed by atoms with Crippen LogP contribution in [-0.2, 0) is 23.7 Å². The van der Waals surface area contributed by atoms with Crippen molar-refractivity contribution in [3.63, 3.8) is 0 Å². The number of ether oxygens (including phenoxy) is 4. The molecule has 2 aliphatic rings. The Morgan fingerprint density at radius 1 is 0.969 bits per heavy atom. The van der Waals surface area contributed by atoms with Gasteiger partial charge in [-0.25, -0.2) is 0 Å². The molecule has 0 spiro atoms. The van der Waals surface area contributed by atoms with Crippen LogP contribution in [0.15, 0.2) is 0 Å². The van der Waals surface area contributed by atoms with Gasteiger partial charge in [0, 0.05) is 0 Å². The van der Waals surface area contributed by atoms with Crippen molar-refractivity contribution in [1.29, 1.82) is 0 Å². The van der Waals surface area contributed by atoms with E-state index in [1.807, 2.05) is 13.8 Å². The largest absolute Gasteiger partial charge is 0.460 e. The minimum Gasteiger partial charge on any atom is -0.460 e. The fraction of sp³-hybridized carbons (Fsp3) is 0.950. The predicted molar refractivity (Wildman–Crippen MR) is 106 cm³/mol. The lowest BCUT2D eigenvalue weighted by atomic mass is 9.98. The Balaban J connectivity index is 2.22. The van der Waals surface area contributed by atoms with E-state index >= 15 is 0 Å². The van der Waals surface area contributed by atoms with Crippen molar-refractivity contribution in [3.05, 3.63) is 0 Å². The number of esters is 1. The summed E-state index contributed by atoms with van der Waals surface area (Å²) in [5.74, 6) is -3.23. The summed E-state index contributed by atoms with van der Waals surface area (Å²) in [4.78, 5) is 12.6. The van der Waals surface area contributed by atoms with Crippen LogP contribution < -0.4 is 0 Å². The zero-order valence-electron chi connectivity index (χ0n) is 18.3. The molecule has 0 amide bonds. The van der Waals surface area contributed by atoms with Gasteiger partial charge in [0.05, 0.1) is 19.1 Å². The molecule has 0 aromatic heterocycles. The highest BCUT2D eigenvalue weighted by Crippen LogP contribution is 2.37. The topological polar surface area (TPSA) is 196 Å². The van der Waals surface area contributed by atoms with Crippen molar-refractivity contribution in [2.45, 2.75) is 94.3 Å². The van der Waals surface area contributed by atoms with Crippen LogP contribution in [0.1, 0.15) is 39.5 Å². The minimum atomic E-state index is -2.25. The number of hydrogen-bond acceptors (Lipinski definition) is 12. The zero-order valence-corrected chi connectivity index (χ0v) is 18.3. The van der Waals surface area contributed by atoms with E-state index in [4.69, 9.17) is 18.9 Å². The third kappa shape index (κ3) is 5.76. The first-order valence-corrected chi connectivity index (χ1v) is 10.9. The summed E-state index contributed by atoms with van der Waals surface area (Å²) in [6.07, 6.45) is -10.2. The molecule has 0 aromatic rings. The maximum atomic E-state index is 12.6. The molecule has 188 valence electrons. The summed E-state index contributed by atoms with van der Waals surface area (Å²) >= 11 is 0. The monoisotopic (exact) mass is 468 g/mol. The standard InChI is InChI=1S/C20H36O12/c1-3-5-6-10(4-2)18(28)29-9-20(17(27)14(24)12(8-22)31-20)32-19-16(26)15(25)13(23)11(7-21)30-19/h10-17,19,21-27H,3-9H2,1-2H3/t10?,11-,12-,13-,14-,15+,16-,17+,19-,20+/m1/s1. The van der Waals surface area contributed by atoms with Gasteiger partial charge in [-0.2, -0.15) is 0 Å². The van der Waals surface area contributed by atoms with Gasteiger partial charge in [0.1, 0.15) is 49.3 Å². The first kappa shape index (κ1) is 27.3. The van der Waals surface area contributed by atoms with Gasteiger partial charge < -0.3 is 54.7 Å². The Labute approximate surface area is 186 Å². The summed E-state index contributed by atoms with van der Waals surface area (Å²) in [6.45, 7) is 1.70. The third-order valence-electron chi connectivity index (χ3n) is 6.00. The molecule has 12 nitrogen and oxygen atoms in total. The van der Waals surface area contributed by atoms with Gasteiger partial charge in [-0.05, 0) is 12.8 Å². The number of aliphatic hydroxyl groups excluding tert-OH is 7. The summed E-state index contributed by atoms with van der Waals surface area (Å²) in [6, 6.07) is 0. The van der Waals surface area contributed by atoms with E-state index in [1.165, 1.54) is 0 Å². The minimum absolute atomic E-state index is 0.406. The van der Waals surface area contributed by atoms with E-state index in [9.17, 15) is 40.5 Å². The van der Waals surface area contributed by atoms with Crippen LogP contribution in [0.25, 0.3) is 0 Å². The van der Waals surface area contributed by atoms with Crippen molar-refractivity contribution >= 4 is 5.97 Å². The van der Waals surface area contributed by atoms with Gasteiger partial charge in [0.25, 0.3) is 0 Å². The summed E-state index contributed by atoms with van der Waals surface area (Å²) in [7, 11) is 0. The molecule has 2 aliphatic heterocycles. The van der Waals surface area contributed by atoms with Crippen molar-refractivity contribution in [1.82, 2.24) is 0 Å². The molecule has 0 aliphatic carbocycles. The van der Waals surface area contributed by atoms with Crippen molar-refractivity contribution in [2.75, 3.05) is 19.8 Å². The maximum Gasteiger partial charge on any atom is 0.309 e. The highest BCUT2D eigenvalue weighted by molar-refractivity contribution is 5.72. The van der Waals surface area contributed by atoms with E-state index in [-0.39, 0.29) is 0 Å². The number of rotatable bonds is 11. The molecule has 2 fully saturated rings. The van der Waals surface area contributed by atoms with Crippen molar-refractivity contribution in [3.8, 4) is 0 Å². The fourth-order valence-electron chi connectivity index (χ4n) is 3.85. The van der Waals surface area contributed by atoms with E-state index in [0.29, 0.717) is 12.8 Å². The quantitative estimate of drug-likeness (QED) is 0.156. The van der Waals surface area contributed by atoms with Crippen LogP contribution in [-0.4, -0.2) is 116 Å². The molecule has 0 aromatic carbocycles. The van der Waals surface area contributed by atoms with E-state index in [1.54, 1.807) is 0 Å². The van der Waals surface area contributed by atoms with Gasteiger partial charge in [-0.15, -0.1) is 0 Å². The number of carbonyl (C=O) groups is 1. The molecule has 2 heterocycles. The lowest BCUT2D eigenvalue weighted by Gasteiger charge is -2.43. The van der Waals surface area contributed by atoms with Gasteiger partial charge in [0.15, 0.2) is 6.29 Å². The van der Waals surface area contributed by atoms with E-state index in [0.717, 1.165) is 12.8 Å². The molecular weight excluding hydrogens is 432 g/mol. The van der Waals surface area contributed by atoms with Gasteiger partial charge in [-0.1, -0.05) is 26.7 Å². The van der Waals surface area contributed by atoms with Gasteiger partial charge >= 0.3 is 5.97 Å². The Morgan fingerprint density at radius 3 is 2.16 bits per heavy atom. The Hall–Kier alpha value is -0.930. The van der Waals surface area contributed by atoms with Crippen LogP contribution in [0.5, 0.6) is 0 Å². The van der Waals surface area contributed by atoms with Crippen molar-refractivity contribution < 1.29 is 59.5 Å². The van der Waals surface area contributed by atoms with Crippen LogP contribution >= 0.6 is 0 Å². The molecular formula is C20H36O12. The molecule has 0 bridgehead atoms. The Bertz CT molecular complexity index is 589. The third-order valence-corrected chi connectivity index (χ3v) is 6.00. The average Bonchev–Trinajstić information content (AvgIpc) is 3.03. The SMILES string of the molecule is CCCCC(CC)C(=O)OC[C@@]1(O[C@H]2O[C@H](CO)[C@@H](O)[C@H](O)[C@H]2O)O[C@H](CO)[C@@H](O)[C@@H]1O. The summed E-state index contributed by atoms with van der Waals surface area (Å²) in [5.41, 5.74) is 0. The molecule has 10 atom stereocenters. The molecule has 32 heavy (non-hydrogen) atoms. The maximum absolute atomic E-state index is 12.6. The second kappa shape index (κ2) is 12.0. The van der Waals surface area contributed by atoms with E-state index in [2.05, 4.69) is 0 Å². The van der Waals surface area contributed by atoms with Crippen LogP contribution in [0.3, 0.4) is 0 Å². The average molecular weight is 468 g/mol. The molecule has 0 radical (unpaired) electrons. The number of carbonyl (C=O) groups excluding carboxylic acids is 1. The number of hydrogen-bond donors (Lipinski definition) is 7. The molecule has 0 saturated carbocycles. The Kier molecular flexibility index (Phi) is 10.2. The molecule has 2 rings (SSSR count). The molecule has 12 heteroatoms. The van der Waals surface area contributed by atoms with Crippen LogP contribution in [0, 0.1) is 5.92 Å². The summed E-state index contributed by atoms with van der Waals surface area (Å²) in [5, 5.41) is 69.9. The van der Waals surface area contributed by atoms with Crippen LogP contribution in [0.2, 0.25) is 0 Å². The van der Waals surface area contributed by atoms with Gasteiger partial charge in [-0.3, -0.25) is 4.79 Å². The smallest absolute Gasteiger partial charge is 0.309 e. The highest BCUT2D eigenvalue weighted by Gasteiger charge is 2.59. The second-order valence-corrected chi connectivity index (χ2v) is 8.26. The van der Waals surface area contributed by atoms with Crippen molar-refractivity contribution in [2.24, 2.45) is 5.92 Å². The molecule has 2 saturated heterocycles. The molecule has 1 unspecified atom stereocenters. The Morgan fingerprint density at radius 2 is 1.62 bits per heavy atom.